The predicted molar refractivity (Wildman–Crippen MR) is 336 cm³/mol. The van der Waals surface area contributed by atoms with Crippen molar-refractivity contribution >= 4 is 57.2 Å². The molecule has 2 heterocycles. The van der Waals surface area contributed by atoms with Gasteiger partial charge in [-0.1, -0.05) is 262 Å². The Morgan fingerprint density at radius 3 is 1.31 bits per heavy atom. The molecule has 0 amide bonds. The first-order chi connectivity index (χ1) is 36.4. The second kappa shape index (κ2) is 18.7. The van der Waals surface area contributed by atoms with Gasteiger partial charge in [-0.2, -0.15) is 0 Å². The Labute approximate surface area is 462 Å². The Hall–Kier alpha value is -7.36. The van der Waals surface area contributed by atoms with Gasteiger partial charge < -0.3 is 9.80 Å². The lowest BCUT2D eigenvalue weighted by molar-refractivity contribution is 0.590. The summed E-state index contributed by atoms with van der Waals surface area (Å²) < 4.78 is 0. The quantitative estimate of drug-likeness (QED) is 0.153. The van der Waals surface area contributed by atoms with E-state index in [9.17, 15) is 0 Å². The van der Waals surface area contributed by atoms with Crippen LogP contribution >= 0.6 is 0 Å². The number of nitrogens with zero attached hydrogens (tertiary/aromatic N) is 2. The summed E-state index contributed by atoms with van der Waals surface area (Å²) in [5, 5.41) is 0. The number of benzene rings is 9. The fraction of sp³-hybridized carbons (Fsp3) is 0.270. The standard InChI is InChI=1S/C74H77BN2/c1-70(2,3)53-28-21-26-50(42-53)59-31-23-32-60(51-27-22-29-54(43-51)71(4,5)6)69(59)77-64-41-36-52(58-30-19-20-33-61(58)74(13,14)15)44-63(64)75-62-40-37-55(72(7,8)9)45-65(62)76(66-46-56(73(10,11)12)47-67(77)68(66)75)57-38-34-49(35-39-57)48-24-17-16-18-25-48/h16-47H,1-15H3. The molecule has 0 atom stereocenters. The zero-order chi connectivity index (χ0) is 54.6. The van der Waals surface area contributed by atoms with Crippen LogP contribution in [0.25, 0.3) is 44.5 Å². The first-order valence-electron chi connectivity index (χ1n) is 28.0. The minimum atomic E-state index is -0.186. The van der Waals surface area contributed by atoms with Gasteiger partial charge in [-0.15, -0.1) is 0 Å². The highest BCUT2D eigenvalue weighted by molar-refractivity contribution is 7.00. The van der Waals surface area contributed by atoms with Crippen LogP contribution in [-0.4, -0.2) is 6.71 Å². The predicted octanol–water partition coefficient (Wildman–Crippen LogP) is 18.9. The van der Waals surface area contributed by atoms with Gasteiger partial charge in [0.2, 0.25) is 0 Å². The van der Waals surface area contributed by atoms with E-state index < -0.39 is 0 Å². The fourth-order valence-electron chi connectivity index (χ4n) is 12.0. The highest BCUT2D eigenvalue weighted by Gasteiger charge is 2.45. The lowest BCUT2D eigenvalue weighted by Crippen LogP contribution is -2.61. The van der Waals surface area contributed by atoms with E-state index >= 15 is 0 Å². The number of anilines is 6. The molecule has 386 valence electrons. The number of hydrogen-bond acceptors (Lipinski definition) is 2. The largest absolute Gasteiger partial charge is 0.311 e. The van der Waals surface area contributed by atoms with Crippen LogP contribution in [0.15, 0.2) is 194 Å². The lowest BCUT2D eigenvalue weighted by Gasteiger charge is -2.46. The van der Waals surface area contributed by atoms with Gasteiger partial charge in [-0.05, 0) is 141 Å². The molecule has 0 aliphatic carbocycles. The molecule has 0 bridgehead atoms. The van der Waals surface area contributed by atoms with Crippen LogP contribution in [-0.2, 0) is 27.1 Å². The Bertz CT molecular complexity index is 3640. The molecule has 2 aliphatic rings. The van der Waals surface area contributed by atoms with Crippen molar-refractivity contribution in [3.8, 4) is 44.5 Å². The van der Waals surface area contributed by atoms with Gasteiger partial charge in [-0.25, -0.2) is 0 Å². The summed E-state index contributed by atoms with van der Waals surface area (Å²) in [7, 11) is 0. The summed E-state index contributed by atoms with van der Waals surface area (Å²) >= 11 is 0. The summed E-state index contributed by atoms with van der Waals surface area (Å²) in [6, 6.07) is 74.8. The third kappa shape index (κ3) is 9.45. The van der Waals surface area contributed by atoms with Gasteiger partial charge in [0.05, 0.1) is 5.69 Å². The van der Waals surface area contributed by atoms with Gasteiger partial charge >= 0.3 is 0 Å². The van der Waals surface area contributed by atoms with E-state index in [0.29, 0.717) is 0 Å². The smallest absolute Gasteiger partial charge is 0.252 e. The van der Waals surface area contributed by atoms with Crippen molar-refractivity contribution in [2.24, 2.45) is 0 Å². The van der Waals surface area contributed by atoms with Crippen molar-refractivity contribution in [1.82, 2.24) is 0 Å². The molecular weight excluding hydrogens is 928 g/mol. The van der Waals surface area contributed by atoms with Crippen molar-refractivity contribution in [3.05, 3.63) is 222 Å². The molecule has 0 saturated carbocycles. The molecule has 0 N–H and O–H groups in total. The van der Waals surface area contributed by atoms with Gasteiger partial charge in [0.15, 0.2) is 0 Å². The van der Waals surface area contributed by atoms with E-state index in [4.69, 9.17) is 0 Å². The third-order valence-corrected chi connectivity index (χ3v) is 16.4. The van der Waals surface area contributed by atoms with Crippen LogP contribution < -0.4 is 26.2 Å². The Morgan fingerprint density at radius 1 is 0.286 bits per heavy atom. The van der Waals surface area contributed by atoms with E-state index in [0.717, 1.165) is 5.69 Å². The minimum absolute atomic E-state index is 0.0391. The molecule has 0 unspecified atom stereocenters. The topological polar surface area (TPSA) is 6.48 Å². The van der Waals surface area contributed by atoms with Gasteiger partial charge in [0, 0.05) is 39.6 Å². The first-order valence-corrected chi connectivity index (χ1v) is 28.0. The van der Waals surface area contributed by atoms with Crippen LogP contribution in [0.5, 0.6) is 0 Å². The fourth-order valence-corrected chi connectivity index (χ4v) is 12.0. The summed E-state index contributed by atoms with van der Waals surface area (Å²) in [6.07, 6.45) is 0. The molecule has 9 aromatic rings. The maximum Gasteiger partial charge on any atom is 0.252 e. The molecule has 0 saturated heterocycles. The van der Waals surface area contributed by atoms with E-state index in [2.05, 4.69) is 308 Å². The van der Waals surface area contributed by atoms with Crippen molar-refractivity contribution in [2.45, 2.75) is 131 Å². The lowest BCUT2D eigenvalue weighted by atomic mass is 9.33. The zero-order valence-corrected chi connectivity index (χ0v) is 48.4. The molecule has 0 aromatic heterocycles. The highest BCUT2D eigenvalue weighted by atomic mass is 15.2. The van der Waals surface area contributed by atoms with Crippen molar-refractivity contribution in [1.29, 1.82) is 0 Å². The van der Waals surface area contributed by atoms with E-state index in [1.165, 1.54) is 117 Å². The monoisotopic (exact) mass is 1000 g/mol. The number of para-hydroxylation sites is 1. The molecule has 11 rings (SSSR count). The van der Waals surface area contributed by atoms with Crippen molar-refractivity contribution in [2.75, 3.05) is 9.80 Å². The van der Waals surface area contributed by atoms with Crippen molar-refractivity contribution < 1.29 is 0 Å². The maximum atomic E-state index is 2.70. The van der Waals surface area contributed by atoms with Gasteiger partial charge in [-0.3, -0.25) is 0 Å². The second-order valence-corrected chi connectivity index (χ2v) is 27.2. The molecule has 0 spiro atoms. The van der Waals surface area contributed by atoms with Crippen LogP contribution in [0.2, 0.25) is 0 Å². The van der Waals surface area contributed by atoms with Crippen molar-refractivity contribution in [3.63, 3.8) is 0 Å². The average Bonchev–Trinajstić information content (AvgIpc) is 3.60. The number of fused-ring (bicyclic) bond motifs is 4. The SMILES string of the molecule is CC(C)(C)c1cccc(-c2cccc(-c3cccc(C(C)(C)C)c3)c2N2c3ccc(-c4ccccc4C(C)(C)C)cc3B3c4ccc(C(C)(C)C)cc4N(c4ccc(-c5ccccc5)cc4)c4cc(C(C)(C)C)cc2c43)c1. The molecule has 0 fully saturated rings. The number of hydrogen-bond donors (Lipinski definition) is 0. The maximum absolute atomic E-state index is 2.70. The Morgan fingerprint density at radius 2 is 0.740 bits per heavy atom. The molecule has 2 nitrogen and oxygen atoms in total. The highest BCUT2D eigenvalue weighted by Crippen LogP contribution is 2.52. The van der Waals surface area contributed by atoms with Crippen LogP contribution in [0.3, 0.4) is 0 Å². The Kier molecular flexibility index (Phi) is 12.6. The zero-order valence-electron chi connectivity index (χ0n) is 48.4. The molecule has 3 heteroatoms. The first kappa shape index (κ1) is 51.7. The van der Waals surface area contributed by atoms with E-state index in [1.807, 2.05) is 0 Å². The van der Waals surface area contributed by atoms with E-state index in [1.54, 1.807) is 0 Å². The van der Waals surface area contributed by atoms with Gasteiger partial charge in [0.25, 0.3) is 6.71 Å². The van der Waals surface area contributed by atoms with Crippen LogP contribution in [0, 0.1) is 0 Å². The Balaban J connectivity index is 1.30. The molecular formula is C74H77BN2. The average molecular weight is 1010 g/mol. The third-order valence-electron chi connectivity index (χ3n) is 16.4. The number of rotatable bonds is 6. The summed E-state index contributed by atoms with van der Waals surface area (Å²) in [6.45, 7) is 35.1. The molecule has 77 heavy (non-hydrogen) atoms. The molecule has 0 radical (unpaired) electrons. The minimum Gasteiger partial charge on any atom is -0.311 e. The van der Waals surface area contributed by atoms with Crippen LogP contribution in [0.1, 0.15) is 132 Å². The van der Waals surface area contributed by atoms with Gasteiger partial charge in [0.1, 0.15) is 0 Å². The normalized spacial score (nSPS) is 13.6. The summed E-state index contributed by atoms with van der Waals surface area (Å²) in [5.41, 5.74) is 27.1. The summed E-state index contributed by atoms with van der Waals surface area (Å²) in [5.74, 6) is 0. The van der Waals surface area contributed by atoms with Crippen LogP contribution in [0.4, 0.5) is 34.1 Å². The summed E-state index contributed by atoms with van der Waals surface area (Å²) in [4.78, 5) is 5.31. The second-order valence-electron chi connectivity index (χ2n) is 27.2. The molecule has 9 aromatic carbocycles. The molecule has 2 aliphatic heterocycles. The van der Waals surface area contributed by atoms with E-state index in [-0.39, 0.29) is 33.8 Å².